The molecule has 16 atom stereocenters. The number of hydrogen-bond donors (Lipinski definition) is 10. The number of aliphatic hydroxyl groups is 5. The van der Waals surface area contributed by atoms with Crippen molar-refractivity contribution in [3.05, 3.63) is 0 Å². The quantitative estimate of drug-likeness (QED) is 0.155. The molecule has 3 aliphatic heterocycles. The monoisotopic (exact) mass is 523 g/mol. The largest absolute Gasteiger partial charge is 0.394 e. The summed E-state index contributed by atoms with van der Waals surface area (Å²) in [5, 5.41) is 54.3. The van der Waals surface area contributed by atoms with Gasteiger partial charge in [0.25, 0.3) is 0 Å². The first kappa shape index (κ1) is 28.4. The highest BCUT2D eigenvalue weighted by molar-refractivity contribution is 5.00. The van der Waals surface area contributed by atoms with Crippen molar-refractivity contribution in [2.45, 2.75) is 117 Å². The summed E-state index contributed by atoms with van der Waals surface area (Å²) >= 11 is 0. The van der Waals surface area contributed by atoms with E-state index < -0.39 is 105 Å². The summed E-state index contributed by atoms with van der Waals surface area (Å²) in [6, 6.07) is -3.30. The minimum atomic E-state index is -1.51. The van der Waals surface area contributed by atoms with E-state index in [1.807, 2.05) is 0 Å². The van der Waals surface area contributed by atoms with Gasteiger partial charge < -0.3 is 77.5 Å². The number of fused-ring (bicyclic) bond motifs is 1. The van der Waals surface area contributed by atoms with Crippen molar-refractivity contribution in [2.24, 2.45) is 22.9 Å². The van der Waals surface area contributed by atoms with Gasteiger partial charge in [0.1, 0.15) is 30.5 Å². The molecule has 4 rings (SSSR count). The summed E-state index contributed by atoms with van der Waals surface area (Å²) in [6.45, 7) is -0.489. The highest BCUT2D eigenvalue weighted by Crippen LogP contribution is 2.35. The maximum atomic E-state index is 11.1. The van der Waals surface area contributed by atoms with E-state index in [-0.39, 0.29) is 12.8 Å². The number of aliphatic hydroxyl groups excluding tert-OH is 5. The first-order valence-corrected chi connectivity index (χ1v) is 12.4. The summed E-state index contributed by atoms with van der Waals surface area (Å²) in [6.07, 6.45) is -10.3. The molecule has 0 radical (unpaired) electrons. The molecule has 0 aromatic carbocycles. The topological polar surface area (TPSA) is 263 Å². The van der Waals surface area contributed by atoms with Crippen LogP contribution in [0.25, 0.3) is 0 Å². The molecule has 1 aliphatic carbocycles. The zero-order chi connectivity index (χ0) is 26.3. The average molecular weight is 524 g/mol. The van der Waals surface area contributed by atoms with Crippen molar-refractivity contribution in [3.63, 3.8) is 0 Å². The van der Waals surface area contributed by atoms with Gasteiger partial charge in [-0.15, -0.1) is 0 Å². The molecule has 1 saturated carbocycles. The van der Waals surface area contributed by atoms with Gasteiger partial charge in [-0.3, -0.25) is 0 Å². The molecule has 4 aliphatic rings. The first-order chi connectivity index (χ1) is 17.0. The number of rotatable bonds is 6. The molecular weight excluding hydrogens is 482 g/mol. The van der Waals surface area contributed by atoms with Crippen LogP contribution >= 0.6 is 0 Å². The van der Waals surface area contributed by atoms with Crippen LogP contribution in [-0.4, -0.2) is 137 Å². The summed E-state index contributed by atoms with van der Waals surface area (Å²) in [5.41, 5.74) is 24.2. The Bertz CT molecular complexity index is 725. The van der Waals surface area contributed by atoms with E-state index in [1.165, 1.54) is 0 Å². The van der Waals surface area contributed by atoms with E-state index in [9.17, 15) is 25.5 Å². The molecular formula is C21H41N5O10. The van der Waals surface area contributed by atoms with E-state index in [2.05, 4.69) is 5.32 Å². The predicted molar refractivity (Wildman–Crippen MR) is 122 cm³/mol. The zero-order valence-electron chi connectivity index (χ0n) is 20.2. The molecule has 0 aromatic heterocycles. The molecule has 3 saturated heterocycles. The van der Waals surface area contributed by atoms with E-state index in [0.717, 1.165) is 0 Å². The first-order valence-electron chi connectivity index (χ1n) is 12.4. The van der Waals surface area contributed by atoms with Gasteiger partial charge in [0.2, 0.25) is 0 Å². The number of ether oxygens (including phenoxy) is 5. The maximum absolute atomic E-state index is 11.1. The van der Waals surface area contributed by atoms with Gasteiger partial charge >= 0.3 is 0 Å². The van der Waals surface area contributed by atoms with Crippen molar-refractivity contribution < 1.29 is 49.2 Å². The van der Waals surface area contributed by atoms with Gasteiger partial charge in [-0.1, -0.05) is 0 Å². The Morgan fingerprint density at radius 2 is 1.50 bits per heavy atom. The van der Waals surface area contributed by atoms with Crippen molar-refractivity contribution in [3.8, 4) is 0 Å². The van der Waals surface area contributed by atoms with Crippen molar-refractivity contribution in [1.29, 1.82) is 0 Å². The van der Waals surface area contributed by atoms with Crippen LogP contribution in [-0.2, 0) is 23.7 Å². The minimum absolute atomic E-state index is 0.241. The van der Waals surface area contributed by atoms with Crippen LogP contribution in [0.2, 0.25) is 0 Å². The SMILES string of the molecule is CN[C@@H]1[C@@H](O[C@H]2O[C@H](CO)[C@@H](N)[C@H](O)[C@H]2O)OC2C[C@@H](N)[C@@H](O[C@H]3C[C@@H](O)[C@H](N)C[C@@H]3N)OC2[C@@H]1O. The van der Waals surface area contributed by atoms with Crippen LogP contribution in [0, 0.1) is 0 Å². The lowest BCUT2D eigenvalue weighted by atomic mass is 9.87. The van der Waals surface area contributed by atoms with Gasteiger partial charge in [0.05, 0.1) is 43.0 Å². The third-order valence-corrected chi connectivity index (χ3v) is 7.66. The Morgan fingerprint density at radius 1 is 0.778 bits per heavy atom. The van der Waals surface area contributed by atoms with E-state index in [1.54, 1.807) is 7.05 Å². The fraction of sp³-hybridized carbons (Fsp3) is 1.00. The Labute approximate surface area is 208 Å². The molecule has 3 heterocycles. The van der Waals surface area contributed by atoms with E-state index >= 15 is 0 Å². The minimum Gasteiger partial charge on any atom is -0.394 e. The summed E-state index contributed by atoms with van der Waals surface area (Å²) < 4.78 is 29.5. The lowest BCUT2D eigenvalue weighted by Gasteiger charge is -2.51. The lowest BCUT2D eigenvalue weighted by Crippen LogP contribution is -2.69. The molecule has 0 amide bonds. The number of nitrogens with one attached hydrogen (secondary N) is 1. The summed E-state index contributed by atoms with van der Waals surface area (Å²) in [5.74, 6) is 0. The molecule has 0 aromatic rings. The maximum Gasteiger partial charge on any atom is 0.189 e. The highest BCUT2D eigenvalue weighted by atomic mass is 16.8. The Kier molecular flexibility index (Phi) is 9.19. The lowest BCUT2D eigenvalue weighted by molar-refractivity contribution is -0.371. The normalized spacial score (nSPS) is 54.2. The third kappa shape index (κ3) is 5.56. The van der Waals surface area contributed by atoms with Crippen molar-refractivity contribution >= 4 is 0 Å². The predicted octanol–water partition coefficient (Wildman–Crippen LogP) is -5.92. The smallest absolute Gasteiger partial charge is 0.189 e. The van der Waals surface area contributed by atoms with Crippen molar-refractivity contribution in [1.82, 2.24) is 5.32 Å². The second-order valence-corrected chi connectivity index (χ2v) is 10.2. The van der Waals surface area contributed by atoms with Gasteiger partial charge in [-0.2, -0.15) is 0 Å². The van der Waals surface area contributed by atoms with Gasteiger partial charge in [-0.25, -0.2) is 0 Å². The van der Waals surface area contributed by atoms with Crippen LogP contribution in [0.3, 0.4) is 0 Å². The van der Waals surface area contributed by atoms with E-state index in [4.69, 9.17) is 46.6 Å². The van der Waals surface area contributed by atoms with Crippen LogP contribution in [0.4, 0.5) is 0 Å². The summed E-state index contributed by atoms with van der Waals surface area (Å²) in [7, 11) is 1.58. The summed E-state index contributed by atoms with van der Waals surface area (Å²) in [4.78, 5) is 0. The second kappa shape index (κ2) is 11.6. The molecule has 210 valence electrons. The van der Waals surface area contributed by atoms with Gasteiger partial charge in [0, 0.05) is 18.5 Å². The van der Waals surface area contributed by atoms with Crippen LogP contribution in [0.1, 0.15) is 19.3 Å². The zero-order valence-corrected chi connectivity index (χ0v) is 20.2. The Balaban J connectivity index is 1.42. The number of likely N-dealkylation sites (N-methyl/N-ethyl adjacent to an activating group) is 1. The van der Waals surface area contributed by atoms with Crippen LogP contribution in [0.5, 0.6) is 0 Å². The molecule has 36 heavy (non-hydrogen) atoms. The second-order valence-electron chi connectivity index (χ2n) is 10.2. The van der Waals surface area contributed by atoms with Crippen LogP contribution < -0.4 is 28.3 Å². The third-order valence-electron chi connectivity index (χ3n) is 7.66. The Morgan fingerprint density at radius 3 is 2.17 bits per heavy atom. The highest BCUT2D eigenvalue weighted by Gasteiger charge is 2.53. The van der Waals surface area contributed by atoms with Gasteiger partial charge in [-0.05, 0) is 19.9 Å². The molecule has 4 fully saturated rings. The molecule has 2 unspecified atom stereocenters. The number of hydrogen-bond acceptors (Lipinski definition) is 15. The molecule has 0 spiro atoms. The van der Waals surface area contributed by atoms with Crippen LogP contribution in [0.15, 0.2) is 0 Å². The van der Waals surface area contributed by atoms with Crippen molar-refractivity contribution in [2.75, 3.05) is 13.7 Å². The number of nitrogens with two attached hydrogens (primary N) is 4. The Hall–Kier alpha value is -0.600. The fourth-order valence-electron chi connectivity index (χ4n) is 5.37. The average Bonchev–Trinajstić information content (AvgIpc) is 2.84. The van der Waals surface area contributed by atoms with Gasteiger partial charge in [0.15, 0.2) is 18.9 Å². The molecule has 15 heteroatoms. The molecule has 14 N–H and O–H groups in total. The standard InChI is InChI=1S/C21H41N5O10/c1-26-14-16(30)18-11(33-20(14)36-21-17(31)15(29)13(25)12(5-27)34-21)3-8(24)19(35-18)32-10-4-9(28)6(22)2-7(10)23/h6-21,26-31H,2-5,22-25H2,1H3/t6-,7+,8-,9-,10+,11?,12-,13-,14+,15+,16-,17-,18?,19+,20-,21-/m1/s1. The van der Waals surface area contributed by atoms with E-state index in [0.29, 0.717) is 6.42 Å². The fourth-order valence-corrected chi connectivity index (χ4v) is 5.37. The molecule has 0 bridgehead atoms. The molecule has 15 nitrogen and oxygen atoms in total.